The number of amides is 1. The van der Waals surface area contributed by atoms with Crippen molar-refractivity contribution in [2.75, 3.05) is 13.1 Å². The van der Waals surface area contributed by atoms with Gasteiger partial charge in [0.2, 0.25) is 5.91 Å². The quantitative estimate of drug-likeness (QED) is 0.821. The number of hydrogen-bond acceptors (Lipinski definition) is 4. The van der Waals surface area contributed by atoms with E-state index in [2.05, 4.69) is 9.97 Å². The second kappa shape index (κ2) is 7.83. The lowest BCUT2D eigenvalue weighted by molar-refractivity contribution is -0.130. The summed E-state index contributed by atoms with van der Waals surface area (Å²) in [6.07, 6.45) is 1.94. The van der Waals surface area contributed by atoms with E-state index in [0.29, 0.717) is 37.0 Å². The van der Waals surface area contributed by atoms with Gasteiger partial charge in [-0.05, 0) is 44.0 Å². The Morgan fingerprint density at radius 1 is 1.28 bits per heavy atom. The zero-order valence-electron chi connectivity index (χ0n) is 14.5. The predicted octanol–water partition coefficient (Wildman–Crippen LogP) is 3.36. The van der Waals surface area contributed by atoms with Crippen LogP contribution in [0.15, 0.2) is 30.3 Å². The monoisotopic (exact) mass is 359 g/mol. The number of likely N-dealkylation sites (tertiary alicyclic amines) is 1. The van der Waals surface area contributed by atoms with E-state index in [9.17, 15) is 4.79 Å². The first-order chi connectivity index (χ1) is 12.0. The lowest BCUT2D eigenvalue weighted by Crippen LogP contribution is -2.31. The highest BCUT2D eigenvalue weighted by molar-refractivity contribution is 6.30. The second-order valence-electron chi connectivity index (χ2n) is 6.43. The van der Waals surface area contributed by atoms with Gasteiger partial charge in [0, 0.05) is 35.8 Å². The summed E-state index contributed by atoms with van der Waals surface area (Å²) >= 11 is 5.98. The first kappa shape index (κ1) is 17.7. The highest BCUT2D eigenvalue weighted by atomic mass is 35.5. The second-order valence-corrected chi connectivity index (χ2v) is 6.87. The standard InChI is InChI=1S/C19H22ClN3O2/c1-13-10-14(2)22-19(21-13)25-17-8-9-23(12-17)18(24)7-6-15-4-3-5-16(20)11-15/h3-5,10-11,17H,6-9,12H2,1-2H3/t17-/m0/s1. The molecular formula is C19H22ClN3O2. The van der Waals surface area contributed by atoms with Gasteiger partial charge in [0.05, 0.1) is 6.54 Å². The van der Waals surface area contributed by atoms with Crippen molar-refractivity contribution in [3.63, 3.8) is 0 Å². The molecule has 6 heteroatoms. The Kier molecular flexibility index (Phi) is 5.53. The van der Waals surface area contributed by atoms with Crippen molar-refractivity contribution in [1.82, 2.24) is 14.9 Å². The third-order valence-corrected chi connectivity index (χ3v) is 4.48. The zero-order chi connectivity index (χ0) is 17.8. The number of aromatic nitrogens is 2. The number of carbonyl (C=O) groups is 1. The maximum atomic E-state index is 12.4. The molecule has 5 nitrogen and oxygen atoms in total. The van der Waals surface area contributed by atoms with Gasteiger partial charge in [0.1, 0.15) is 6.10 Å². The Morgan fingerprint density at radius 2 is 2.04 bits per heavy atom. The molecule has 3 rings (SSSR count). The van der Waals surface area contributed by atoms with E-state index in [1.165, 1.54) is 0 Å². The molecule has 1 amide bonds. The van der Waals surface area contributed by atoms with E-state index >= 15 is 0 Å². The maximum absolute atomic E-state index is 12.4. The minimum absolute atomic E-state index is 0.0451. The molecule has 1 fully saturated rings. The number of halogens is 1. The average Bonchev–Trinajstić information content (AvgIpc) is 3.00. The number of hydrogen-bond donors (Lipinski definition) is 0. The third-order valence-electron chi connectivity index (χ3n) is 4.25. The van der Waals surface area contributed by atoms with Crippen LogP contribution < -0.4 is 4.74 Å². The Hall–Kier alpha value is -2.14. The van der Waals surface area contributed by atoms with E-state index in [0.717, 1.165) is 23.4 Å². The number of nitrogens with zero attached hydrogens (tertiary/aromatic N) is 3. The highest BCUT2D eigenvalue weighted by Crippen LogP contribution is 2.18. The summed E-state index contributed by atoms with van der Waals surface area (Å²) in [4.78, 5) is 22.9. The Bertz CT molecular complexity index is 746. The van der Waals surface area contributed by atoms with E-state index < -0.39 is 0 Å². The Labute approximate surface area is 153 Å². The van der Waals surface area contributed by atoms with Gasteiger partial charge >= 0.3 is 6.01 Å². The Morgan fingerprint density at radius 3 is 2.76 bits per heavy atom. The van der Waals surface area contributed by atoms with Crippen LogP contribution >= 0.6 is 11.6 Å². The molecule has 25 heavy (non-hydrogen) atoms. The predicted molar refractivity (Wildman–Crippen MR) is 96.9 cm³/mol. The molecule has 0 unspecified atom stereocenters. The summed E-state index contributed by atoms with van der Waals surface area (Å²) in [5.74, 6) is 0.146. The minimum atomic E-state index is -0.0451. The number of benzene rings is 1. The number of carbonyl (C=O) groups excluding carboxylic acids is 1. The van der Waals surface area contributed by atoms with Crippen LogP contribution in [-0.2, 0) is 11.2 Å². The molecule has 1 aromatic carbocycles. The van der Waals surface area contributed by atoms with Crippen LogP contribution in [-0.4, -0.2) is 40.0 Å². The van der Waals surface area contributed by atoms with Crippen molar-refractivity contribution in [3.8, 4) is 6.01 Å². The summed E-state index contributed by atoms with van der Waals surface area (Å²) < 4.78 is 5.86. The van der Waals surface area contributed by atoms with E-state index in [4.69, 9.17) is 16.3 Å². The molecule has 2 aromatic rings. The summed E-state index contributed by atoms with van der Waals surface area (Å²) in [5.41, 5.74) is 2.85. The number of aryl methyl sites for hydroxylation is 3. The molecule has 1 aliphatic heterocycles. The van der Waals surface area contributed by atoms with Gasteiger partial charge < -0.3 is 9.64 Å². The van der Waals surface area contributed by atoms with Gasteiger partial charge in [0.15, 0.2) is 0 Å². The van der Waals surface area contributed by atoms with Crippen molar-refractivity contribution < 1.29 is 9.53 Å². The third kappa shape index (κ3) is 4.92. The minimum Gasteiger partial charge on any atom is -0.458 e. The zero-order valence-corrected chi connectivity index (χ0v) is 15.3. The molecule has 1 saturated heterocycles. The molecule has 1 aliphatic rings. The molecule has 0 bridgehead atoms. The van der Waals surface area contributed by atoms with Gasteiger partial charge in [-0.1, -0.05) is 23.7 Å². The summed E-state index contributed by atoms with van der Waals surface area (Å²) in [6, 6.07) is 9.95. The van der Waals surface area contributed by atoms with Crippen LogP contribution in [0.1, 0.15) is 29.8 Å². The molecule has 0 radical (unpaired) electrons. The first-order valence-electron chi connectivity index (χ1n) is 8.51. The SMILES string of the molecule is Cc1cc(C)nc(O[C@H]2CCN(C(=O)CCc3cccc(Cl)c3)C2)n1. The van der Waals surface area contributed by atoms with Crippen molar-refractivity contribution in [2.24, 2.45) is 0 Å². The molecular weight excluding hydrogens is 338 g/mol. The normalized spacial score (nSPS) is 16.9. The maximum Gasteiger partial charge on any atom is 0.317 e. The van der Waals surface area contributed by atoms with Crippen LogP contribution in [0.4, 0.5) is 0 Å². The smallest absolute Gasteiger partial charge is 0.317 e. The van der Waals surface area contributed by atoms with Crippen LogP contribution in [0.2, 0.25) is 5.02 Å². The molecule has 132 valence electrons. The number of ether oxygens (including phenoxy) is 1. The van der Waals surface area contributed by atoms with Crippen LogP contribution in [0.5, 0.6) is 6.01 Å². The van der Waals surface area contributed by atoms with E-state index in [1.54, 1.807) is 0 Å². The van der Waals surface area contributed by atoms with Crippen molar-refractivity contribution >= 4 is 17.5 Å². The molecule has 0 aliphatic carbocycles. The fourth-order valence-corrected chi connectivity index (χ4v) is 3.26. The fraction of sp³-hybridized carbons (Fsp3) is 0.421. The van der Waals surface area contributed by atoms with Crippen LogP contribution in [0.3, 0.4) is 0 Å². The van der Waals surface area contributed by atoms with E-state index in [-0.39, 0.29) is 12.0 Å². The summed E-state index contributed by atoms with van der Waals surface area (Å²) in [5, 5.41) is 0.702. The molecule has 1 atom stereocenters. The van der Waals surface area contributed by atoms with Crippen LogP contribution in [0.25, 0.3) is 0 Å². The molecule has 0 N–H and O–H groups in total. The average molecular weight is 360 g/mol. The van der Waals surface area contributed by atoms with E-state index in [1.807, 2.05) is 49.1 Å². The lowest BCUT2D eigenvalue weighted by Gasteiger charge is -2.17. The van der Waals surface area contributed by atoms with Crippen molar-refractivity contribution in [3.05, 3.63) is 52.3 Å². The van der Waals surface area contributed by atoms with Gasteiger partial charge in [-0.15, -0.1) is 0 Å². The van der Waals surface area contributed by atoms with Gasteiger partial charge in [-0.2, -0.15) is 0 Å². The summed E-state index contributed by atoms with van der Waals surface area (Å²) in [7, 11) is 0. The lowest BCUT2D eigenvalue weighted by atomic mass is 10.1. The van der Waals surface area contributed by atoms with Crippen molar-refractivity contribution in [1.29, 1.82) is 0 Å². The molecule has 2 heterocycles. The topological polar surface area (TPSA) is 55.3 Å². The Balaban J connectivity index is 1.50. The van der Waals surface area contributed by atoms with Crippen LogP contribution in [0, 0.1) is 13.8 Å². The molecule has 0 saturated carbocycles. The fourth-order valence-electron chi connectivity index (χ4n) is 3.05. The molecule has 0 spiro atoms. The van der Waals surface area contributed by atoms with Gasteiger partial charge in [-0.25, -0.2) is 9.97 Å². The summed E-state index contributed by atoms with van der Waals surface area (Å²) in [6.45, 7) is 5.14. The van der Waals surface area contributed by atoms with Gasteiger partial charge in [-0.3, -0.25) is 4.79 Å². The van der Waals surface area contributed by atoms with Gasteiger partial charge in [0.25, 0.3) is 0 Å². The first-order valence-corrected chi connectivity index (χ1v) is 8.88. The number of rotatable bonds is 5. The largest absolute Gasteiger partial charge is 0.458 e. The highest BCUT2D eigenvalue weighted by Gasteiger charge is 2.28. The van der Waals surface area contributed by atoms with Crippen molar-refractivity contribution in [2.45, 2.75) is 39.2 Å². The molecule has 1 aromatic heterocycles.